The van der Waals surface area contributed by atoms with Crippen molar-refractivity contribution in [3.8, 4) is 5.75 Å². The van der Waals surface area contributed by atoms with Crippen molar-refractivity contribution in [2.45, 2.75) is 26.5 Å². The normalized spacial score (nSPS) is 12.9. The lowest BCUT2D eigenvalue weighted by Crippen LogP contribution is -2.34. The summed E-state index contributed by atoms with van der Waals surface area (Å²) in [5.74, 6) is -4.71. The van der Waals surface area contributed by atoms with Crippen LogP contribution in [-0.2, 0) is 22.7 Å². The highest BCUT2D eigenvalue weighted by Gasteiger charge is 2.23. The van der Waals surface area contributed by atoms with E-state index in [2.05, 4.69) is 5.32 Å². The van der Waals surface area contributed by atoms with E-state index in [9.17, 15) is 28.1 Å². The number of hydrogen-bond acceptors (Lipinski definition) is 6. The Bertz CT molecular complexity index is 1000. The molecule has 0 bridgehead atoms. The van der Waals surface area contributed by atoms with Crippen molar-refractivity contribution < 1.29 is 32.4 Å². The van der Waals surface area contributed by atoms with Crippen LogP contribution in [0.5, 0.6) is 5.75 Å². The minimum atomic E-state index is -1.68. The van der Waals surface area contributed by atoms with Crippen LogP contribution in [0.3, 0.4) is 0 Å². The van der Waals surface area contributed by atoms with Gasteiger partial charge in [-0.15, -0.1) is 0 Å². The van der Waals surface area contributed by atoms with Gasteiger partial charge in [0.05, 0.1) is 23.8 Å². The fourth-order valence-electron chi connectivity index (χ4n) is 3.29. The van der Waals surface area contributed by atoms with Crippen molar-refractivity contribution in [2.24, 2.45) is 0 Å². The number of hydrogen-bond donors (Lipinski definition) is 1. The largest absolute Gasteiger partial charge is 0.467 e. The third kappa shape index (κ3) is 5.30. The van der Waals surface area contributed by atoms with Crippen molar-refractivity contribution in [2.75, 3.05) is 25.2 Å². The molecule has 31 heavy (non-hydrogen) atoms. The third-order valence-corrected chi connectivity index (χ3v) is 4.59. The number of non-ortho nitro benzene ring substituents is 1. The summed E-state index contributed by atoms with van der Waals surface area (Å²) < 4.78 is 51.0. The number of halogens is 3. The van der Waals surface area contributed by atoms with Crippen LogP contribution in [0.15, 0.2) is 24.3 Å². The Morgan fingerprint density at radius 1 is 1.26 bits per heavy atom. The van der Waals surface area contributed by atoms with Crippen molar-refractivity contribution in [3.63, 3.8) is 0 Å². The molecule has 0 fully saturated rings. The molecule has 1 aliphatic rings. The molecule has 1 amide bonds. The van der Waals surface area contributed by atoms with E-state index in [0.717, 1.165) is 6.07 Å². The van der Waals surface area contributed by atoms with Crippen LogP contribution >= 0.6 is 0 Å². The quantitative estimate of drug-likeness (QED) is 0.383. The third-order valence-electron chi connectivity index (χ3n) is 4.59. The van der Waals surface area contributed by atoms with Crippen molar-refractivity contribution in [1.29, 1.82) is 0 Å². The number of ether oxygens (including phenoxy) is 2. The number of benzene rings is 2. The first-order valence-corrected chi connectivity index (χ1v) is 9.46. The maximum absolute atomic E-state index is 13.8. The second-order valence-corrected chi connectivity index (χ2v) is 6.94. The van der Waals surface area contributed by atoms with Gasteiger partial charge in [0.1, 0.15) is 5.75 Å². The number of fused-ring (bicyclic) bond motifs is 1. The molecule has 11 heteroatoms. The minimum Gasteiger partial charge on any atom is -0.467 e. The van der Waals surface area contributed by atoms with Gasteiger partial charge in [0.15, 0.2) is 24.2 Å². The molecule has 0 atom stereocenters. The number of nitro benzene ring substituents is 1. The summed E-state index contributed by atoms with van der Waals surface area (Å²) in [6.07, 6.45) is 0.661. The summed E-state index contributed by atoms with van der Waals surface area (Å²) in [6.45, 7) is 2.43. The second-order valence-electron chi connectivity index (χ2n) is 6.94. The fourth-order valence-corrected chi connectivity index (χ4v) is 3.29. The monoisotopic (exact) mass is 439 g/mol. The summed E-state index contributed by atoms with van der Waals surface area (Å²) in [4.78, 5) is 24.8. The topological polar surface area (TPSA) is 93.9 Å². The van der Waals surface area contributed by atoms with Crippen LogP contribution in [-0.4, -0.2) is 35.6 Å². The molecular weight excluding hydrogens is 419 g/mol. The van der Waals surface area contributed by atoms with Gasteiger partial charge in [0.25, 0.3) is 5.69 Å². The Labute approximate surface area is 175 Å². The highest BCUT2D eigenvalue weighted by molar-refractivity contribution is 5.92. The zero-order valence-corrected chi connectivity index (χ0v) is 16.6. The van der Waals surface area contributed by atoms with Gasteiger partial charge in [0.2, 0.25) is 5.91 Å². The van der Waals surface area contributed by atoms with Crippen LogP contribution in [0.1, 0.15) is 24.5 Å². The van der Waals surface area contributed by atoms with Crippen molar-refractivity contribution >= 4 is 17.3 Å². The van der Waals surface area contributed by atoms with Crippen LogP contribution < -0.4 is 10.1 Å². The molecule has 0 saturated carbocycles. The van der Waals surface area contributed by atoms with E-state index in [4.69, 9.17) is 9.47 Å². The van der Waals surface area contributed by atoms with Crippen LogP contribution in [0, 0.1) is 27.6 Å². The molecule has 0 radical (unpaired) electrons. The molecule has 0 unspecified atom stereocenters. The highest BCUT2D eigenvalue weighted by Crippen LogP contribution is 2.33. The van der Waals surface area contributed by atoms with Crippen LogP contribution in [0.25, 0.3) is 0 Å². The van der Waals surface area contributed by atoms with E-state index in [1.807, 2.05) is 6.92 Å². The van der Waals surface area contributed by atoms with E-state index >= 15 is 0 Å². The standard InChI is InChI=1S/C20H20F3N3O5/c1-2-5-25(9-17(27)24-16-4-3-15(21)18(22)19(16)23)8-12-6-14(26(28)29)7-13-10-30-11-31-20(12)13/h3-4,6-7H,2,5,8-11H2,1H3,(H,24,27). The summed E-state index contributed by atoms with van der Waals surface area (Å²) in [7, 11) is 0. The minimum absolute atomic E-state index is 0.00147. The molecule has 166 valence electrons. The number of amides is 1. The first-order chi connectivity index (χ1) is 14.8. The number of nitrogens with one attached hydrogen (secondary N) is 1. The average Bonchev–Trinajstić information content (AvgIpc) is 2.74. The zero-order chi connectivity index (χ0) is 22.5. The summed E-state index contributed by atoms with van der Waals surface area (Å²) >= 11 is 0. The van der Waals surface area contributed by atoms with Crippen LogP contribution in [0.2, 0.25) is 0 Å². The molecule has 0 spiro atoms. The van der Waals surface area contributed by atoms with Gasteiger partial charge in [-0.05, 0) is 25.1 Å². The number of rotatable bonds is 8. The summed E-state index contributed by atoms with van der Waals surface area (Å²) in [5, 5.41) is 13.5. The van der Waals surface area contributed by atoms with E-state index in [-0.39, 0.29) is 32.2 Å². The first kappa shape index (κ1) is 22.5. The Balaban J connectivity index is 1.79. The molecule has 0 aliphatic carbocycles. The Morgan fingerprint density at radius 2 is 2.03 bits per heavy atom. The molecule has 3 rings (SSSR count). The molecule has 1 aliphatic heterocycles. The Morgan fingerprint density at radius 3 is 2.74 bits per heavy atom. The molecule has 0 aromatic heterocycles. The molecule has 2 aromatic rings. The fraction of sp³-hybridized carbons (Fsp3) is 0.350. The molecule has 2 aromatic carbocycles. The number of anilines is 1. The van der Waals surface area contributed by atoms with Gasteiger partial charge < -0.3 is 14.8 Å². The van der Waals surface area contributed by atoms with Crippen molar-refractivity contribution in [1.82, 2.24) is 4.90 Å². The van der Waals surface area contributed by atoms with E-state index in [1.54, 1.807) is 4.90 Å². The lowest BCUT2D eigenvalue weighted by atomic mass is 10.1. The second kappa shape index (κ2) is 9.75. The number of carbonyl (C=O) groups is 1. The molecule has 1 N–H and O–H groups in total. The lowest BCUT2D eigenvalue weighted by Gasteiger charge is -2.25. The SMILES string of the molecule is CCCN(CC(=O)Nc1ccc(F)c(F)c1F)Cc1cc([N+](=O)[O-])cc2c1OCOC2. The Kier molecular flexibility index (Phi) is 7.08. The predicted molar refractivity (Wildman–Crippen MR) is 104 cm³/mol. The summed E-state index contributed by atoms with van der Waals surface area (Å²) in [6, 6.07) is 4.40. The zero-order valence-electron chi connectivity index (χ0n) is 16.6. The van der Waals surface area contributed by atoms with Gasteiger partial charge >= 0.3 is 0 Å². The Hall–Kier alpha value is -3.18. The highest BCUT2D eigenvalue weighted by atomic mass is 19.2. The average molecular weight is 439 g/mol. The first-order valence-electron chi connectivity index (χ1n) is 9.46. The van der Waals surface area contributed by atoms with E-state index in [0.29, 0.717) is 35.9 Å². The molecule has 0 saturated heterocycles. The van der Waals surface area contributed by atoms with Crippen LogP contribution in [0.4, 0.5) is 24.5 Å². The lowest BCUT2D eigenvalue weighted by molar-refractivity contribution is -0.385. The maximum Gasteiger partial charge on any atom is 0.270 e. The van der Waals surface area contributed by atoms with Crippen molar-refractivity contribution in [3.05, 3.63) is 63.0 Å². The predicted octanol–water partition coefficient (Wildman–Crippen LogP) is 3.73. The van der Waals surface area contributed by atoms with Gasteiger partial charge in [-0.3, -0.25) is 19.8 Å². The number of nitrogens with zero attached hydrogens (tertiary/aromatic N) is 2. The molecular formula is C20H20F3N3O5. The van der Waals surface area contributed by atoms with E-state index in [1.165, 1.54) is 12.1 Å². The van der Waals surface area contributed by atoms with Gasteiger partial charge in [-0.1, -0.05) is 6.92 Å². The number of nitro groups is 1. The van der Waals surface area contributed by atoms with Gasteiger partial charge in [0, 0.05) is 29.8 Å². The smallest absolute Gasteiger partial charge is 0.270 e. The maximum atomic E-state index is 13.8. The molecule has 1 heterocycles. The van der Waals surface area contributed by atoms with Gasteiger partial charge in [-0.2, -0.15) is 0 Å². The molecule has 8 nitrogen and oxygen atoms in total. The van der Waals surface area contributed by atoms with E-state index < -0.39 is 34.0 Å². The number of carbonyl (C=O) groups excluding carboxylic acids is 1. The van der Waals surface area contributed by atoms with Gasteiger partial charge in [-0.25, -0.2) is 13.2 Å². The summed E-state index contributed by atoms with van der Waals surface area (Å²) in [5.41, 5.74) is 0.425.